The molecule has 26 heavy (non-hydrogen) atoms. The molecule has 2 aliphatic heterocycles. The van der Waals surface area contributed by atoms with Gasteiger partial charge in [-0.1, -0.05) is 20.8 Å². The molecular formula is C19H30N4O3. The van der Waals surface area contributed by atoms with Gasteiger partial charge in [0.1, 0.15) is 11.6 Å². The van der Waals surface area contributed by atoms with Crippen molar-refractivity contribution in [1.29, 1.82) is 0 Å². The molecule has 2 saturated heterocycles. The topological polar surface area (TPSA) is 67.7 Å². The Kier molecular flexibility index (Phi) is 5.53. The number of aromatic nitrogens is 2. The van der Waals surface area contributed by atoms with E-state index in [1.165, 1.54) is 0 Å². The van der Waals surface area contributed by atoms with Crippen molar-refractivity contribution in [2.75, 3.05) is 26.2 Å². The molecule has 0 bridgehead atoms. The van der Waals surface area contributed by atoms with Gasteiger partial charge in [-0.3, -0.25) is 9.48 Å². The second kappa shape index (κ2) is 7.68. The molecule has 1 aromatic heterocycles. The summed E-state index contributed by atoms with van der Waals surface area (Å²) in [6.45, 7) is 8.97. The maximum atomic E-state index is 12.9. The van der Waals surface area contributed by atoms with Gasteiger partial charge in [-0.25, -0.2) is 4.79 Å². The molecule has 0 saturated carbocycles. The average Bonchev–Trinajstić information content (AvgIpc) is 3.23. The number of nitrogens with zero attached hydrogens (tertiary/aromatic N) is 4. The third-order valence-corrected chi connectivity index (χ3v) is 5.52. The van der Waals surface area contributed by atoms with E-state index in [1.807, 2.05) is 29.0 Å². The molecule has 0 aromatic carbocycles. The van der Waals surface area contributed by atoms with Gasteiger partial charge >= 0.3 is 6.09 Å². The lowest BCUT2D eigenvalue weighted by Crippen LogP contribution is -2.50. The third kappa shape index (κ3) is 3.86. The number of hydrogen-bond donors (Lipinski definition) is 0. The summed E-state index contributed by atoms with van der Waals surface area (Å²) in [5.41, 5.74) is -0.418. The first-order valence-corrected chi connectivity index (χ1v) is 9.70. The Morgan fingerprint density at radius 1 is 1.35 bits per heavy atom. The molecule has 2 amide bonds. The van der Waals surface area contributed by atoms with Crippen molar-refractivity contribution in [2.45, 2.75) is 58.1 Å². The molecule has 7 heteroatoms. The maximum absolute atomic E-state index is 12.9. The van der Waals surface area contributed by atoms with Gasteiger partial charge in [0.25, 0.3) is 0 Å². The van der Waals surface area contributed by atoms with Crippen molar-refractivity contribution in [3.8, 4) is 0 Å². The second-order valence-corrected chi connectivity index (χ2v) is 7.89. The molecule has 0 unspecified atom stereocenters. The van der Waals surface area contributed by atoms with Crippen molar-refractivity contribution in [1.82, 2.24) is 19.6 Å². The third-order valence-electron chi connectivity index (χ3n) is 5.52. The van der Waals surface area contributed by atoms with Crippen molar-refractivity contribution in [2.24, 2.45) is 5.92 Å². The van der Waals surface area contributed by atoms with Crippen LogP contribution in [0.3, 0.4) is 0 Å². The predicted octanol–water partition coefficient (Wildman–Crippen LogP) is 2.69. The Hall–Kier alpha value is -2.05. The van der Waals surface area contributed by atoms with Crippen LogP contribution in [0.1, 0.15) is 52.5 Å². The number of piperidine rings is 1. The minimum Gasteiger partial charge on any atom is -0.441 e. The van der Waals surface area contributed by atoms with Crippen LogP contribution in [0.4, 0.5) is 4.79 Å². The highest BCUT2D eigenvalue weighted by molar-refractivity contribution is 5.80. The number of rotatable bonds is 6. The minimum absolute atomic E-state index is 0.104. The Balaban J connectivity index is 1.57. The Bertz CT molecular complexity index is 621. The minimum atomic E-state index is -0.418. The first-order chi connectivity index (χ1) is 12.4. The molecular weight excluding hydrogens is 332 g/mol. The van der Waals surface area contributed by atoms with E-state index in [0.717, 1.165) is 13.0 Å². The molecule has 0 radical (unpaired) electrons. The van der Waals surface area contributed by atoms with E-state index in [1.54, 1.807) is 10.9 Å². The van der Waals surface area contributed by atoms with Crippen LogP contribution in [0.5, 0.6) is 0 Å². The van der Waals surface area contributed by atoms with Gasteiger partial charge in [-0.15, -0.1) is 0 Å². The molecule has 2 fully saturated rings. The van der Waals surface area contributed by atoms with Gasteiger partial charge in [0.2, 0.25) is 5.91 Å². The van der Waals surface area contributed by atoms with Gasteiger partial charge in [0.15, 0.2) is 0 Å². The molecule has 3 heterocycles. The summed E-state index contributed by atoms with van der Waals surface area (Å²) >= 11 is 0. The number of likely N-dealkylation sites (tertiary alicyclic amines) is 1. The Morgan fingerprint density at radius 3 is 2.65 bits per heavy atom. The number of amides is 2. The SMILES string of the molecule is CC[C@H](C(=O)N1CCC2(CC1)CN(CCC(C)C)C(=O)O2)n1cccn1. The van der Waals surface area contributed by atoms with Crippen LogP contribution in [-0.2, 0) is 9.53 Å². The van der Waals surface area contributed by atoms with Crippen molar-refractivity contribution >= 4 is 12.0 Å². The molecule has 0 N–H and O–H groups in total. The van der Waals surface area contributed by atoms with Crippen LogP contribution in [0.15, 0.2) is 18.5 Å². The molecule has 7 nitrogen and oxygen atoms in total. The van der Waals surface area contributed by atoms with Gasteiger partial charge < -0.3 is 14.5 Å². The Morgan fingerprint density at radius 2 is 2.08 bits per heavy atom. The zero-order chi connectivity index (χ0) is 18.7. The molecule has 1 spiro atoms. The van der Waals surface area contributed by atoms with Crippen LogP contribution in [0, 0.1) is 5.92 Å². The van der Waals surface area contributed by atoms with Crippen LogP contribution < -0.4 is 0 Å². The van der Waals surface area contributed by atoms with E-state index in [2.05, 4.69) is 18.9 Å². The summed E-state index contributed by atoms with van der Waals surface area (Å²) < 4.78 is 7.49. The summed E-state index contributed by atoms with van der Waals surface area (Å²) in [5, 5.41) is 4.22. The van der Waals surface area contributed by atoms with E-state index < -0.39 is 5.60 Å². The lowest BCUT2D eigenvalue weighted by Gasteiger charge is -2.38. The number of carbonyl (C=O) groups excluding carboxylic acids is 2. The normalized spacial score (nSPS) is 20.7. The first kappa shape index (κ1) is 18.7. The summed E-state index contributed by atoms with van der Waals surface area (Å²) in [7, 11) is 0. The smallest absolute Gasteiger partial charge is 0.410 e. The summed E-state index contributed by atoms with van der Waals surface area (Å²) in [4.78, 5) is 28.8. The van der Waals surface area contributed by atoms with Crippen LogP contribution in [0.2, 0.25) is 0 Å². The van der Waals surface area contributed by atoms with Gasteiger partial charge in [0.05, 0.1) is 6.54 Å². The quantitative estimate of drug-likeness (QED) is 0.780. The van der Waals surface area contributed by atoms with Gasteiger partial charge in [-0.2, -0.15) is 5.10 Å². The molecule has 0 aliphatic carbocycles. The first-order valence-electron chi connectivity index (χ1n) is 9.70. The molecule has 1 aromatic rings. The van der Waals surface area contributed by atoms with E-state index in [9.17, 15) is 9.59 Å². The molecule has 3 rings (SSSR count). The maximum Gasteiger partial charge on any atom is 0.410 e. The lowest BCUT2D eigenvalue weighted by molar-refractivity contribution is -0.138. The van der Waals surface area contributed by atoms with E-state index >= 15 is 0 Å². The highest BCUT2D eigenvalue weighted by Gasteiger charge is 2.47. The van der Waals surface area contributed by atoms with Crippen molar-refractivity contribution < 1.29 is 14.3 Å². The van der Waals surface area contributed by atoms with E-state index in [-0.39, 0.29) is 18.0 Å². The van der Waals surface area contributed by atoms with Crippen LogP contribution >= 0.6 is 0 Å². The molecule has 144 valence electrons. The number of hydrogen-bond acceptors (Lipinski definition) is 4. The highest BCUT2D eigenvalue weighted by atomic mass is 16.6. The zero-order valence-electron chi connectivity index (χ0n) is 16.1. The summed E-state index contributed by atoms with van der Waals surface area (Å²) in [6, 6.07) is 1.58. The fraction of sp³-hybridized carbons (Fsp3) is 0.737. The number of carbonyl (C=O) groups is 2. The fourth-order valence-electron chi connectivity index (χ4n) is 3.82. The van der Waals surface area contributed by atoms with Gasteiger partial charge in [0, 0.05) is 44.9 Å². The van der Waals surface area contributed by atoms with Crippen LogP contribution in [-0.4, -0.2) is 63.4 Å². The standard InChI is InChI=1S/C19H30N4O3/c1-4-16(23-10-5-9-20-23)17(24)21-12-7-19(8-13-21)14-22(18(25)26-19)11-6-15(2)3/h5,9-10,15-16H,4,6-8,11-14H2,1-3H3/t16-/m1/s1. The zero-order valence-corrected chi connectivity index (χ0v) is 16.1. The van der Waals surface area contributed by atoms with E-state index in [0.29, 0.717) is 44.8 Å². The molecule has 2 aliphatic rings. The summed E-state index contributed by atoms with van der Waals surface area (Å²) in [5.74, 6) is 0.666. The van der Waals surface area contributed by atoms with Gasteiger partial charge in [-0.05, 0) is 24.8 Å². The highest BCUT2D eigenvalue weighted by Crippen LogP contribution is 2.34. The Labute approximate surface area is 155 Å². The fourth-order valence-corrected chi connectivity index (χ4v) is 3.82. The predicted molar refractivity (Wildman–Crippen MR) is 97.6 cm³/mol. The lowest BCUT2D eigenvalue weighted by atomic mass is 9.90. The molecule has 1 atom stereocenters. The number of ether oxygens (including phenoxy) is 1. The average molecular weight is 362 g/mol. The monoisotopic (exact) mass is 362 g/mol. The summed E-state index contributed by atoms with van der Waals surface area (Å²) in [6.07, 6.45) is 6.44. The van der Waals surface area contributed by atoms with Crippen molar-refractivity contribution in [3.05, 3.63) is 18.5 Å². The van der Waals surface area contributed by atoms with E-state index in [4.69, 9.17) is 4.74 Å². The van der Waals surface area contributed by atoms with Crippen LogP contribution in [0.25, 0.3) is 0 Å². The second-order valence-electron chi connectivity index (χ2n) is 7.89. The van der Waals surface area contributed by atoms with Crippen molar-refractivity contribution in [3.63, 3.8) is 0 Å². The largest absolute Gasteiger partial charge is 0.441 e.